The number of carbonyl (C=O) groups excluding carboxylic acids is 1. The van der Waals surface area contributed by atoms with E-state index in [1.165, 1.54) is 6.08 Å². The molecular weight excluding hydrogens is 206 g/mol. The molecule has 0 amide bonds. The van der Waals surface area contributed by atoms with Gasteiger partial charge in [0.2, 0.25) is 6.08 Å². The number of methoxy groups -OCH3 is 1. The summed E-state index contributed by atoms with van der Waals surface area (Å²) in [6.07, 6.45) is 1.55. The molecular formula is C12H15NO3. The molecule has 0 saturated carbocycles. The molecule has 0 N–H and O–H groups in total. The monoisotopic (exact) mass is 221 g/mol. The van der Waals surface area contributed by atoms with Gasteiger partial charge in [0.05, 0.1) is 19.8 Å². The lowest BCUT2D eigenvalue weighted by Crippen LogP contribution is -2.08. The Balaban J connectivity index is 3.08. The van der Waals surface area contributed by atoms with Crippen LogP contribution >= 0.6 is 0 Å². The van der Waals surface area contributed by atoms with E-state index in [0.717, 1.165) is 5.56 Å². The molecule has 0 bridgehead atoms. The van der Waals surface area contributed by atoms with Crippen LogP contribution < -0.4 is 9.47 Å². The smallest absolute Gasteiger partial charge is 0.235 e. The first-order chi connectivity index (χ1) is 7.69. The van der Waals surface area contributed by atoms with E-state index in [-0.39, 0.29) is 12.6 Å². The second-order valence-corrected chi connectivity index (χ2v) is 3.52. The number of rotatable bonds is 5. The Morgan fingerprint density at radius 3 is 2.75 bits per heavy atom. The van der Waals surface area contributed by atoms with Crippen LogP contribution in [0.4, 0.5) is 0 Å². The molecule has 0 atom stereocenters. The summed E-state index contributed by atoms with van der Waals surface area (Å²) in [5, 5.41) is 0. The summed E-state index contributed by atoms with van der Waals surface area (Å²) in [7, 11) is 1.58. The predicted molar refractivity (Wildman–Crippen MR) is 60.6 cm³/mol. The number of nitrogens with zero attached hydrogens (tertiary/aromatic N) is 1. The summed E-state index contributed by atoms with van der Waals surface area (Å²) < 4.78 is 10.9. The highest BCUT2D eigenvalue weighted by Crippen LogP contribution is 2.32. The van der Waals surface area contributed by atoms with Crippen molar-refractivity contribution in [2.24, 2.45) is 4.99 Å². The molecule has 86 valence electrons. The molecule has 1 aromatic carbocycles. The SMILES string of the molecule is COc1cccc(CN=C=O)c1OC(C)C. The molecule has 4 nitrogen and oxygen atoms in total. The van der Waals surface area contributed by atoms with Crippen molar-refractivity contribution < 1.29 is 14.3 Å². The van der Waals surface area contributed by atoms with Gasteiger partial charge in [0.15, 0.2) is 11.5 Å². The number of aliphatic imine (C=N–C) groups is 1. The van der Waals surface area contributed by atoms with Crippen molar-refractivity contribution in [1.82, 2.24) is 0 Å². The van der Waals surface area contributed by atoms with Gasteiger partial charge in [-0.25, -0.2) is 9.79 Å². The normalized spacial score (nSPS) is 9.75. The van der Waals surface area contributed by atoms with Crippen molar-refractivity contribution in [3.8, 4) is 11.5 Å². The van der Waals surface area contributed by atoms with Crippen LogP contribution in [0.3, 0.4) is 0 Å². The number of hydrogen-bond donors (Lipinski definition) is 0. The van der Waals surface area contributed by atoms with Crippen molar-refractivity contribution in [2.75, 3.05) is 7.11 Å². The molecule has 0 radical (unpaired) electrons. The van der Waals surface area contributed by atoms with Gasteiger partial charge in [0, 0.05) is 5.56 Å². The van der Waals surface area contributed by atoms with E-state index in [2.05, 4.69) is 4.99 Å². The average Bonchev–Trinajstić information content (AvgIpc) is 2.27. The third-order valence-electron chi connectivity index (χ3n) is 1.95. The Bertz CT molecular complexity index is 395. The summed E-state index contributed by atoms with van der Waals surface area (Å²) in [5.41, 5.74) is 0.816. The Morgan fingerprint density at radius 2 is 2.19 bits per heavy atom. The topological polar surface area (TPSA) is 47.9 Å². The van der Waals surface area contributed by atoms with Gasteiger partial charge in [0.25, 0.3) is 0 Å². The average molecular weight is 221 g/mol. The highest BCUT2D eigenvalue weighted by atomic mass is 16.5. The zero-order chi connectivity index (χ0) is 12.0. The Labute approximate surface area is 94.9 Å². The third-order valence-corrected chi connectivity index (χ3v) is 1.95. The fraction of sp³-hybridized carbons (Fsp3) is 0.417. The second-order valence-electron chi connectivity index (χ2n) is 3.52. The van der Waals surface area contributed by atoms with Crippen molar-refractivity contribution in [2.45, 2.75) is 26.5 Å². The summed E-state index contributed by atoms with van der Waals surface area (Å²) in [6, 6.07) is 5.49. The van der Waals surface area contributed by atoms with Crippen molar-refractivity contribution in [3.05, 3.63) is 23.8 Å². The molecule has 0 spiro atoms. The van der Waals surface area contributed by atoms with Gasteiger partial charge in [-0.2, -0.15) is 0 Å². The minimum atomic E-state index is 0.0373. The maximum Gasteiger partial charge on any atom is 0.235 e. The fourth-order valence-electron chi connectivity index (χ4n) is 1.33. The molecule has 1 rings (SSSR count). The Hall–Kier alpha value is -1.80. The molecule has 0 aliphatic rings. The Morgan fingerprint density at radius 1 is 1.44 bits per heavy atom. The molecule has 0 aliphatic carbocycles. The molecule has 0 fully saturated rings. The van der Waals surface area contributed by atoms with E-state index >= 15 is 0 Å². The van der Waals surface area contributed by atoms with Gasteiger partial charge in [-0.05, 0) is 19.9 Å². The van der Waals surface area contributed by atoms with Crippen molar-refractivity contribution in [3.63, 3.8) is 0 Å². The second kappa shape index (κ2) is 5.93. The van der Waals surface area contributed by atoms with E-state index in [1.807, 2.05) is 32.0 Å². The maximum absolute atomic E-state index is 10.1. The quantitative estimate of drug-likeness (QED) is 0.566. The van der Waals surface area contributed by atoms with Crippen LogP contribution in [0.2, 0.25) is 0 Å². The molecule has 0 unspecified atom stereocenters. The van der Waals surface area contributed by atoms with E-state index in [4.69, 9.17) is 9.47 Å². The van der Waals surface area contributed by atoms with Crippen LogP contribution in [0.5, 0.6) is 11.5 Å². The van der Waals surface area contributed by atoms with Crippen LogP contribution in [0.15, 0.2) is 23.2 Å². The highest BCUT2D eigenvalue weighted by Gasteiger charge is 2.11. The summed E-state index contributed by atoms with van der Waals surface area (Å²) in [6.45, 7) is 4.11. The molecule has 16 heavy (non-hydrogen) atoms. The lowest BCUT2D eigenvalue weighted by Gasteiger charge is -2.16. The summed E-state index contributed by atoms with van der Waals surface area (Å²) in [4.78, 5) is 13.6. The van der Waals surface area contributed by atoms with Crippen LogP contribution in [0, 0.1) is 0 Å². The van der Waals surface area contributed by atoms with Crippen LogP contribution in [0.1, 0.15) is 19.4 Å². The molecule has 1 aromatic rings. The van der Waals surface area contributed by atoms with E-state index < -0.39 is 0 Å². The lowest BCUT2D eigenvalue weighted by molar-refractivity contribution is 0.227. The summed E-state index contributed by atoms with van der Waals surface area (Å²) >= 11 is 0. The highest BCUT2D eigenvalue weighted by molar-refractivity contribution is 5.47. The zero-order valence-electron chi connectivity index (χ0n) is 9.69. The van der Waals surface area contributed by atoms with Crippen LogP contribution in [-0.4, -0.2) is 19.3 Å². The largest absolute Gasteiger partial charge is 0.493 e. The van der Waals surface area contributed by atoms with Crippen molar-refractivity contribution >= 4 is 6.08 Å². The number of ether oxygens (including phenoxy) is 2. The first-order valence-electron chi connectivity index (χ1n) is 5.05. The van der Waals surface area contributed by atoms with Gasteiger partial charge in [-0.3, -0.25) is 0 Å². The van der Waals surface area contributed by atoms with Gasteiger partial charge in [0.1, 0.15) is 0 Å². The van der Waals surface area contributed by atoms with Gasteiger partial charge in [-0.1, -0.05) is 12.1 Å². The molecule has 0 aromatic heterocycles. The number of hydrogen-bond acceptors (Lipinski definition) is 4. The standard InChI is InChI=1S/C12H15NO3/c1-9(2)16-12-10(7-13-8-14)5-4-6-11(12)15-3/h4-6,9H,7H2,1-3H3. The minimum absolute atomic E-state index is 0.0373. The van der Waals surface area contributed by atoms with Crippen LogP contribution in [-0.2, 0) is 11.3 Å². The zero-order valence-corrected chi connectivity index (χ0v) is 9.69. The molecule has 0 heterocycles. The van der Waals surface area contributed by atoms with E-state index in [0.29, 0.717) is 11.5 Å². The molecule has 0 saturated heterocycles. The minimum Gasteiger partial charge on any atom is -0.493 e. The lowest BCUT2D eigenvalue weighted by atomic mass is 10.2. The Kier molecular flexibility index (Phi) is 4.55. The third kappa shape index (κ3) is 3.11. The first kappa shape index (κ1) is 12.3. The summed E-state index contributed by atoms with van der Waals surface area (Å²) in [5.74, 6) is 1.28. The fourth-order valence-corrected chi connectivity index (χ4v) is 1.33. The predicted octanol–water partition coefficient (Wildman–Crippen LogP) is 2.32. The molecule has 4 heteroatoms. The van der Waals surface area contributed by atoms with E-state index in [9.17, 15) is 4.79 Å². The first-order valence-corrected chi connectivity index (χ1v) is 5.05. The van der Waals surface area contributed by atoms with Gasteiger partial charge < -0.3 is 9.47 Å². The van der Waals surface area contributed by atoms with Gasteiger partial charge >= 0.3 is 0 Å². The maximum atomic E-state index is 10.1. The number of isocyanates is 1. The molecule has 0 aliphatic heterocycles. The van der Waals surface area contributed by atoms with E-state index in [1.54, 1.807) is 7.11 Å². The van der Waals surface area contributed by atoms with Crippen LogP contribution in [0.25, 0.3) is 0 Å². The number of para-hydroxylation sites is 1. The number of benzene rings is 1. The van der Waals surface area contributed by atoms with Crippen molar-refractivity contribution in [1.29, 1.82) is 0 Å². The van der Waals surface area contributed by atoms with Gasteiger partial charge in [-0.15, -0.1) is 0 Å².